The minimum Gasteiger partial charge on any atom is -0.459 e. The zero-order valence-electron chi connectivity index (χ0n) is 16.3. The summed E-state index contributed by atoms with van der Waals surface area (Å²) in [6.07, 6.45) is 1.88. The van der Waals surface area contributed by atoms with Crippen molar-refractivity contribution >= 4 is 23.2 Å². The van der Waals surface area contributed by atoms with Gasteiger partial charge < -0.3 is 24.3 Å². The molecule has 0 bridgehead atoms. The fraction of sp³-hybridized carbons (Fsp3) is 0.400. The molecule has 0 aliphatic heterocycles. The van der Waals surface area contributed by atoms with E-state index in [1.54, 1.807) is 24.1 Å². The predicted octanol–water partition coefficient (Wildman–Crippen LogP) is 2.98. The van der Waals surface area contributed by atoms with E-state index in [-0.39, 0.29) is 17.6 Å². The van der Waals surface area contributed by atoms with Gasteiger partial charge in [-0.3, -0.25) is 9.59 Å². The van der Waals surface area contributed by atoms with E-state index in [2.05, 4.69) is 5.32 Å². The first kappa shape index (κ1) is 20.5. The second-order valence-corrected chi connectivity index (χ2v) is 6.33. The van der Waals surface area contributed by atoms with Crippen molar-refractivity contribution in [2.45, 2.75) is 19.9 Å². The third-order valence-electron chi connectivity index (χ3n) is 4.15. The van der Waals surface area contributed by atoms with Crippen LogP contribution in [0.1, 0.15) is 29.5 Å². The number of furan rings is 1. The maximum Gasteiger partial charge on any atom is 0.291 e. The van der Waals surface area contributed by atoms with Gasteiger partial charge in [-0.1, -0.05) is 6.92 Å². The highest BCUT2D eigenvalue weighted by Crippen LogP contribution is 2.25. The van der Waals surface area contributed by atoms with Crippen molar-refractivity contribution in [2.24, 2.45) is 0 Å². The molecule has 1 N–H and O–H groups in total. The molecule has 27 heavy (non-hydrogen) atoms. The zero-order valence-corrected chi connectivity index (χ0v) is 16.3. The largest absolute Gasteiger partial charge is 0.459 e. The summed E-state index contributed by atoms with van der Waals surface area (Å²) >= 11 is 0. The Morgan fingerprint density at radius 3 is 2.59 bits per heavy atom. The predicted molar refractivity (Wildman–Crippen MR) is 105 cm³/mol. The van der Waals surface area contributed by atoms with Crippen LogP contribution in [0.5, 0.6) is 0 Å². The Morgan fingerprint density at radius 1 is 1.22 bits per heavy atom. The van der Waals surface area contributed by atoms with E-state index in [1.165, 1.54) is 6.26 Å². The van der Waals surface area contributed by atoms with Crippen molar-refractivity contribution in [3.05, 3.63) is 47.9 Å². The normalized spacial score (nSPS) is 10.5. The highest BCUT2D eigenvalue weighted by molar-refractivity contribution is 6.02. The lowest BCUT2D eigenvalue weighted by Crippen LogP contribution is -2.33. The number of amides is 2. The topological polar surface area (TPSA) is 75.0 Å². The van der Waals surface area contributed by atoms with Gasteiger partial charge in [0.15, 0.2) is 5.76 Å². The molecule has 0 saturated carbocycles. The smallest absolute Gasteiger partial charge is 0.291 e. The summed E-state index contributed by atoms with van der Waals surface area (Å²) in [5.41, 5.74) is 2.57. The Labute approximate surface area is 159 Å². The summed E-state index contributed by atoms with van der Waals surface area (Å²) in [5, 5.41) is 2.83. The second kappa shape index (κ2) is 9.78. The number of ether oxygens (including phenoxy) is 1. The number of carbonyl (C=O) groups excluding carboxylic acids is 2. The summed E-state index contributed by atoms with van der Waals surface area (Å²) in [5.74, 6) is -0.0117. The van der Waals surface area contributed by atoms with Gasteiger partial charge in [-0.25, -0.2) is 0 Å². The van der Waals surface area contributed by atoms with Crippen LogP contribution in [0.2, 0.25) is 0 Å². The van der Waals surface area contributed by atoms with Gasteiger partial charge in [0, 0.05) is 52.1 Å². The first-order valence-corrected chi connectivity index (χ1v) is 8.88. The van der Waals surface area contributed by atoms with Crippen molar-refractivity contribution in [1.82, 2.24) is 4.90 Å². The molecule has 2 rings (SSSR count). The molecule has 0 aliphatic carbocycles. The van der Waals surface area contributed by atoms with Crippen LogP contribution in [-0.4, -0.2) is 51.1 Å². The average molecular weight is 373 g/mol. The summed E-state index contributed by atoms with van der Waals surface area (Å²) in [6, 6.07) is 8.92. The SMILES string of the molecule is CCC(=O)N(CCOC)Cc1cc(NC(=O)c2ccco2)ccc1N(C)C. The molecule has 0 unspecified atom stereocenters. The van der Waals surface area contributed by atoms with Crippen molar-refractivity contribution in [3.8, 4) is 0 Å². The van der Waals surface area contributed by atoms with Crippen LogP contribution in [0.15, 0.2) is 41.0 Å². The molecular weight excluding hydrogens is 346 g/mol. The highest BCUT2D eigenvalue weighted by atomic mass is 16.5. The second-order valence-electron chi connectivity index (χ2n) is 6.33. The molecule has 1 heterocycles. The number of methoxy groups -OCH3 is 1. The maximum absolute atomic E-state index is 12.3. The van der Waals surface area contributed by atoms with Crippen LogP contribution in [0.3, 0.4) is 0 Å². The molecule has 7 nitrogen and oxygen atoms in total. The average Bonchev–Trinajstić information content (AvgIpc) is 3.19. The summed E-state index contributed by atoms with van der Waals surface area (Å²) in [7, 11) is 5.51. The summed E-state index contributed by atoms with van der Waals surface area (Å²) in [4.78, 5) is 28.3. The molecule has 0 spiro atoms. The van der Waals surface area contributed by atoms with E-state index in [1.807, 2.05) is 44.1 Å². The molecule has 1 aromatic heterocycles. The lowest BCUT2D eigenvalue weighted by molar-refractivity contribution is -0.132. The van der Waals surface area contributed by atoms with E-state index in [0.29, 0.717) is 31.8 Å². The lowest BCUT2D eigenvalue weighted by atomic mass is 10.1. The maximum atomic E-state index is 12.3. The van der Waals surface area contributed by atoms with Gasteiger partial charge in [0.1, 0.15) is 0 Å². The van der Waals surface area contributed by atoms with Crippen molar-refractivity contribution in [3.63, 3.8) is 0 Å². The number of hydrogen-bond donors (Lipinski definition) is 1. The fourth-order valence-electron chi connectivity index (χ4n) is 2.75. The van der Waals surface area contributed by atoms with E-state index in [0.717, 1.165) is 11.3 Å². The van der Waals surface area contributed by atoms with E-state index < -0.39 is 0 Å². The number of nitrogens with zero attached hydrogens (tertiary/aromatic N) is 2. The number of nitrogens with one attached hydrogen (secondary N) is 1. The molecule has 0 saturated heterocycles. The Bertz CT molecular complexity index is 757. The van der Waals surface area contributed by atoms with Crippen LogP contribution in [-0.2, 0) is 16.1 Å². The molecule has 2 aromatic rings. The van der Waals surface area contributed by atoms with Gasteiger partial charge >= 0.3 is 0 Å². The van der Waals surface area contributed by atoms with Crippen LogP contribution in [0, 0.1) is 0 Å². The molecule has 0 fully saturated rings. The van der Waals surface area contributed by atoms with E-state index >= 15 is 0 Å². The molecule has 1 aromatic carbocycles. The number of anilines is 2. The standard InChI is InChI=1S/C20H27N3O4/c1-5-19(24)23(10-12-26-4)14-15-13-16(8-9-17(15)22(2)3)21-20(25)18-7-6-11-27-18/h6-9,11,13H,5,10,12,14H2,1-4H3,(H,21,25). The lowest BCUT2D eigenvalue weighted by Gasteiger charge is -2.26. The number of hydrogen-bond acceptors (Lipinski definition) is 5. The van der Waals surface area contributed by atoms with Gasteiger partial charge in [-0.15, -0.1) is 0 Å². The fourth-order valence-corrected chi connectivity index (χ4v) is 2.75. The molecule has 0 atom stereocenters. The molecule has 146 valence electrons. The van der Waals surface area contributed by atoms with Gasteiger partial charge in [-0.2, -0.15) is 0 Å². The third-order valence-corrected chi connectivity index (χ3v) is 4.15. The third kappa shape index (κ3) is 5.59. The van der Waals surface area contributed by atoms with Crippen LogP contribution >= 0.6 is 0 Å². The molecule has 7 heteroatoms. The monoisotopic (exact) mass is 373 g/mol. The summed E-state index contributed by atoms with van der Waals surface area (Å²) in [6.45, 7) is 3.26. The summed E-state index contributed by atoms with van der Waals surface area (Å²) < 4.78 is 10.3. The van der Waals surface area contributed by atoms with Gasteiger partial charge in [-0.05, 0) is 35.9 Å². The first-order valence-electron chi connectivity index (χ1n) is 8.88. The minimum absolute atomic E-state index is 0.0572. The van der Waals surface area contributed by atoms with E-state index in [9.17, 15) is 9.59 Å². The Hall–Kier alpha value is -2.80. The molecular formula is C20H27N3O4. The van der Waals surface area contributed by atoms with Crippen molar-refractivity contribution in [1.29, 1.82) is 0 Å². The minimum atomic E-state index is -0.315. The van der Waals surface area contributed by atoms with Gasteiger partial charge in [0.05, 0.1) is 12.9 Å². The Balaban J connectivity index is 2.25. The Kier molecular flexibility index (Phi) is 7.43. The van der Waals surface area contributed by atoms with Gasteiger partial charge in [0.2, 0.25) is 5.91 Å². The van der Waals surface area contributed by atoms with E-state index in [4.69, 9.17) is 9.15 Å². The van der Waals surface area contributed by atoms with Crippen molar-refractivity contribution < 1.29 is 18.7 Å². The first-order chi connectivity index (χ1) is 13.0. The van der Waals surface area contributed by atoms with Crippen LogP contribution in [0.25, 0.3) is 0 Å². The van der Waals surface area contributed by atoms with Gasteiger partial charge in [0.25, 0.3) is 5.91 Å². The highest BCUT2D eigenvalue weighted by Gasteiger charge is 2.16. The number of benzene rings is 1. The Morgan fingerprint density at radius 2 is 2.00 bits per heavy atom. The quantitative estimate of drug-likeness (QED) is 0.731. The number of rotatable bonds is 9. The molecule has 2 amide bonds. The molecule has 0 aliphatic rings. The molecule has 0 radical (unpaired) electrons. The number of carbonyl (C=O) groups is 2. The van der Waals surface area contributed by atoms with Crippen LogP contribution < -0.4 is 10.2 Å². The van der Waals surface area contributed by atoms with Crippen LogP contribution in [0.4, 0.5) is 11.4 Å². The van der Waals surface area contributed by atoms with Crippen molar-refractivity contribution in [2.75, 3.05) is 44.6 Å². The zero-order chi connectivity index (χ0) is 19.8.